The third-order valence-corrected chi connectivity index (χ3v) is 2.61. The van der Waals surface area contributed by atoms with Crippen LogP contribution < -0.4 is 0 Å². The minimum atomic E-state index is -0.0819. The van der Waals surface area contributed by atoms with Gasteiger partial charge in [0.1, 0.15) is 0 Å². The second-order valence-corrected chi connectivity index (χ2v) is 4.67. The quantitative estimate of drug-likeness (QED) is 0.404. The Hall–Kier alpha value is -1.09. The minimum absolute atomic E-state index is 0.0819. The highest BCUT2D eigenvalue weighted by Gasteiger charge is 2.10. The predicted molar refractivity (Wildman–Crippen MR) is 71.4 cm³/mol. The Labute approximate surface area is 105 Å². The lowest BCUT2D eigenvalue weighted by Gasteiger charge is -2.14. The zero-order chi connectivity index (χ0) is 13.4. The molecule has 0 aromatic carbocycles. The predicted octanol–water partition coefficient (Wildman–Crippen LogP) is 3.34. The third-order valence-electron chi connectivity index (χ3n) is 2.61. The van der Waals surface area contributed by atoms with E-state index in [4.69, 9.17) is 4.84 Å². The number of hydrogen-bond donors (Lipinski definition) is 0. The number of hydroxylamine groups is 2. The van der Waals surface area contributed by atoms with E-state index in [0.717, 1.165) is 18.4 Å². The molecule has 0 saturated carbocycles. The van der Waals surface area contributed by atoms with E-state index in [2.05, 4.69) is 26.8 Å². The van der Waals surface area contributed by atoms with Crippen LogP contribution >= 0.6 is 0 Å². The minimum Gasteiger partial charge on any atom is -0.274 e. The van der Waals surface area contributed by atoms with Gasteiger partial charge in [-0.2, -0.15) is 0 Å². The van der Waals surface area contributed by atoms with Crippen LogP contribution in [-0.2, 0) is 9.63 Å². The van der Waals surface area contributed by atoms with E-state index >= 15 is 0 Å². The lowest BCUT2D eigenvalue weighted by Crippen LogP contribution is -2.26. The van der Waals surface area contributed by atoms with Crippen molar-refractivity contribution in [2.75, 3.05) is 14.2 Å². The molecule has 0 aromatic heterocycles. The van der Waals surface area contributed by atoms with Crippen LogP contribution in [0.4, 0.5) is 0 Å². The molecule has 3 nitrogen and oxygen atoms in total. The van der Waals surface area contributed by atoms with E-state index < -0.39 is 0 Å². The SMILES string of the molecule is CON(C)C(=O)/C(C)=C/[C@H](C)CCC=C(C)C. The monoisotopic (exact) mass is 239 g/mol. The van der Waals surface area contributed by atoms with Gasteiger partial charge in [-0.15, -0.1) is 0 Å². The summed E-state index contributed by atoms with van der Waals surface area (Å²) in [5.74, 6) is 0.321. The van der Waals surface area contributed by atoms with Crippen molar-refractivity contribution in [2.45, 2.75) is 40.5 Å². The molecule has 1 atom stereocenters. The van der Waals surface area contributed by atoms with Crippen molar-refractivity contribution in [3.05, 3.63) is 23.3 Å². The van der Waals surface area contributed by atoms with Gasteiger partial charge < -0.3 is 0 Å². The zero-order valence-corrected chi connectivity index (χ0v) is 11.9. The molecule has 0 aliphatic heterocycles. The van der Waals surface area contributed by atoms with Crippen LogP contribution in [0.3, 0.4) is 0 Å². The fourth-order valence-corrected chi connectivity index (χ4v) is 1.55. The van der Waals surface area contributed by atoms with Gasteiger partial charge in [0.2, 0.25) is 0 Å². The molecule has 0 fully saturated rings. The molecule has 98 valence electrons. The molecule has 0 heterocycles. The van der Waals surface area contributed by atoms with Crippen molar-refractivity contribution in [2.24, 2.45) is 5.92 Å². The standard InChI is InChI=1S/C14H25NO2/c1-11(2)8-7-9-12(3)10-13(4)14(16)15(5)17-6/h8,10,12H,7,9H2,1-6H3/b13-10+/t12-/m1/s1. The second-order valence-electron chi connectivity index (χ2n) is 4.67. The van der Waals surface area contributed by atoms with Crippen molar-refractivity contribution in [1.29, 1.82) is 0 Å². The Balaban J connectivity index is 4.28. The summed E-state index contributed by atoms with van der Waals surface area (Å²) in [6.45, 7) is 8.16. The molecule has 0 unspecified atom stereocenters. The summed E-state index contributed by atoms with van der Waals surface area (Å²) in [6, 6.07) is 0. The molecule has 0 radical (unpaired) electrons. The summed E-state index contributed by atoms with van der Waals surface area (Å²) in [5.41, 5.74) is 2.08. The lowest BCUT2D eigenvalue weighted by molar-refractivity contribution is -0.163. The Morgan fingerprint density at radius 3 is 2.41 bits per heavy atom. The molecule has 0 saturated heterocycles. The summed E-state index contributed by atoms with van der Waals surface area (Å²) in [4.78, 5) is 16.6. The van der Waals surface area contributed by atoms with Crippen LogP contribution in [0.5, 0.6) is 0 Å². The highest BCUT2D eigenvalue weighted by atomic mass is 16.7. The molecule has 0 aromatic rings. The van der Waals surface area contributed by atoms with Crippen molar-refractivity contribution in [3.63, 3.8) is 0 Å². The van der Waals surface area contributed by atoms with Crippen molar-refractivity contribution >= 4 is 5.91 Å². The van der Waals surface area contributed by atoms with Gasteiger partial charge in [-0.1, -0.05) is 24.6 Å². The van der Waals surface area contributed by atoms with Gasteiger partial charge in [-0.25, -0.2) is 5.06 Å². The largest absolute Gasteiger partial charge is 0.274 e. The Kier molecular flexibility index (Phi) is 7.55. The number of nitrogens with zero attached hydrogens (tertiary/aromatic N) is 1. The highest BCUT2D eigenvalue weighted by Crippen LogP contribution is 2.12. The van der Waals surface area contributed by atoms with Crippen LogP contribution in [0.25, 0.3) is 0 Å². The first-order valence-electron chi connectivity index (χ1n) is 6.02. The molecule has 0 rings (SSSR count). The summed E-state index contributed by atoms with van der Waals surface area (Å²) < 4.78 is 0. The van der Waals surface area contributed by atoms with E-state index in [9.17, 15) is 4.79 Å². The van der Waals surface area contributed by atoms with Crippen molar-refractivity contribution in [1.82, 2.24) is 5.06 Å². The molecule has 1 amide bonds. The zero-order valence-electron chi connectivity index (χ0n) is 11.9. The van der Waals surface area contributed by atoms with Gasteiger partial charge in [0, 0.05) is 12.6 Å². The highest BCUT2D eigenvalue weighted by molar-refractivity contribution is 5.91. The van der Waals surface area contributed by atoms with Gasteiger partial charge in [0.15, 0.2) is 0 Å². The van der Waals surface area contributed by atoms with Gasteiger partial charge in [0.25, 0.3) is 5.91 Å². The average molecular weight is 239 g/mol. The van der Waals surface area contributed by atoms with E-state index in [1.54, 1.807) is 7.05 Å². The first-order chi connectivity index (χ1) is 7.88. The Bertz CT molecular complexity index is 301. The van der Waals surface area contributed by atoms with Gasteiger partial charge in [0.05, 0.1) is 7.11 Å². The summed E-state index contributed by atoms with van der Waals surface area (Å²) >= 11 is 0. The summed E-state index contributed by atoms with van der Waals surface area (Å²) in [7, 11) is 3.11. The van der Waals surface area contributed by atoms with Crippen molar-refractivity contribution < 1.29 is 9.63 Å². The Morgan fingerprint density at radius 1 is 1.35 bits per heavy atom. The number of allylic oxidation sites excluding steroid dienone is 3. The lowest BCUT2D eigenvalue weighted by atomic mass is 10.0. The van der Waals surface area contributed by atoms with Crippen molar-refractivity contribution in [3.8, 4) is 0 Å². The topological polar surface area (TPSA) is 29.5 Å². The molecular formula is C14H25NO2. The van der Waals surface area contributed by atoms with Crippen LogP contribution in [0, 0.1) is 5.92 Å². The summed E-state index contributed by atoms with van der Waals surface area (Å²) in [5, 5.41) is 1.24. The number of amides is 1. The van der Waals surface area contributed by atoms with E-state index in [0.29, 0.717) is 5.92 Å². The third kappa shape index (κ3) is 6.95. The Morgan fingerprint density at radius 2 is 1.94 bits per heavy atom. The first kappa shape index (κ1) is 15.9. The molecule has 3 heteroatoms. The molecule has 0 bridgehead atoms. The van der Waals surface area contributed by atoms with Crippen LogP contribution in [-0.4, -0.2) is 25.1 Å². The molecular weight excluding hydrogens is 214 g/mol. The van der Waals surface area contributed by atoms with E-state index in [1.807, 2.05) is 13.0 Å². The van der Waals surface area contributed by atoms with Crippen LogP contribution in [0.15, 0.2) is 23.3 Å². The second kappa shape index (κ2) is 8.07. The van der Waals surface area contributed by atoms with Crippen LogP contribution in [0.2, 0.25) is 0 Å². The van der Waals surface area contributed by atoms with Gasteiger partial charge >= 0.3 is 0 Å². The molecule has 0 aliphatic rings. The molecule has 0 N–H and O–H groups in total. The maximum atomic E-state index is 11.7. The van der Waals surface area contributed by atoms with E-state index in [1.165, 1.54) is 17.7 Å². The normalized spacial score (nSPS) is 13.2. The summed E-state index contributed by atoms with van der Waals surface area (Å²) in [6.07, 6.45) is 6.35. The number of likely N-dealkylation sites (N-methyl/N-ethyl adjacent to an activating group) is 1. The van der Waals surface area contributed by atoms with E-state index in [-0.39, 0.29) is 5.91 Å². The number of carbonyl (C=O) groups excluding carboxylic acids is 1. The maximum absolute atomic E-state index is 11.7. The number of hydrogen-bond acceptors (Lipinski definition) is 2. The van der Waals surface area contributed by atoms with Gasteiger partial charge in [-0.05, 0) is 39.5 Å². The molecule has 17 heavy (non-hydrogen) atoms. The van der Waals surface area contributed by atoms with Gasteiger partial charge in [-0.3, -0.25) is 9.63 Å². The number of carbonyl (C=O) groups is 1. The smallest absolute Gasteiger partial charge is 0.272 e. The van der Waals surface area contributed by atoms with Crippen LogP contribution in [0.1, 0.15) is 40.5 Å². The molecule has 0 spiro atoms. The first-order valence-corrected chi connectivity index (χ1v) is 6.02. The molecule has 0 aliphatic carbocycles. The average Bonchev–Trinajstić information content (AvgIpc) is 2.26. The maximum Gasteiger partial charge on any atom is 0.272 e. The number of rotatable bonds is 6. The fourth-order valence-electron chi connectivity index (χ4n) is 1.55. The fraction of sp³-hybridized carbons (Fsp3) is 0.643.